The Labute approximate surface area is 158 Å². The molecule has 1 heterocycles. The van der Waals surface area contributed by atoms with Gasteiger partial charge in [0.15, 0.2) is 5.96 Å². The van der Waals surface area contributed by atoms with E-state index in [0.29, 0.717) is 6.10 Å². The van der Waals surface area contributed by atoms with Crippen molar-refractivity contribution in [3.63, 3.8) is 0 Å². The monoisotopic (exact) mass is 439 g/mol. The zero-order valence-corrected chi connectivity index (χ0v) is 17.0. The molecule has 0 aromatic heterocycles. The molecular weight excluding hydrogens is 405 g/mol. The average Bonchev–Trinajstić information content (AvgIpc) is 3.03. The molecule has 0 amide bonds. The maximum atomic E-state index is 5.76. The molecule has 0 radical (unpaired) electrons. The van der Waals surface area contributed by atoms with Gasteiger partial charge in [-0.05, 0) is 37.5 Å². The van der Waals surface area contributed by atoms with E-state index in [4.69, 9.17) is 9.47 Å². The number of halogens is 1. The molecule has 1 aliphatic carbocycles. The Morgan fingerprint density at radius 2 is 2.13 bits per heavy atom. The van der Waals surface area contributed by atoms with Crippen LogP contribution in [0.1, 0.15) is 45.4 Å². The second-order valence-corrected chi connectivity index (χ2v) is 6.73. The van der Waals surface area contributed by atoms with Gasteiger partial charge in [0.1, 0.15) is 0 Å². The molecule has 2 aliphatic rings. The van der Waals surface area contributed by atoms with Gasteiger partial charge in [-0.3, -0.25) is 4.99 Å². The Morgan fingerprint density at radius 3 is 2.83 bits per heavy atom. The summed E-state index contributed by atoms with van der Waals surface area (Å²) in [7, 11) is 1.84. The molecule has 1 saturated heterocycles. The molecule has 2 fully saturated rings. The first-order valence-corrected chi connectivity index (χ1v) is 8.91. The Balaban J connectivity index is 0.00000264. The van der Waals surface area contributed by atoms with E-state index in [9.17, 15) is 0 Å². The van der Waals surface area contributed by atoms with Gasteiger partial charge in [-0.1, -0.05) is 19.8 Å². The first kappa shape index (κ1) is 21.0. The minimum atomic E-state index is 0. The number of hydrogen-bond acceptors (Lipinski definition) is 3. The fourth-order valence-corrected chi connectivity index (χ4v) is 3.38. The maximum absolute atomic E-state index is 5.76. The van der Waals surface area contributed by atoms with Crippen molar-refractivity contribution in [3.8, 4) is 0 Å². The molecular formula is C17H34IN3O2. The van der Waals surface area contributed by atoms with Gasteiger partial charge in [-0.25, -0.2) is 0 Å². The lowest BCUT2D eigenvalue weighted by atomic mass is 9.82. The Bertz CT molecular complexity index is 336. The van der Waals surface area contributed by atoms with Gasteiger partial charge < -0.3 is 20.1 Å². The van der Waals surface area contributed by atoms with E-state index >= 15 is 0 Å². The summed E-state index contributed by atoms with van der Waals surface area (Å²) in [6.45, 7) is 6.71. The summed E-state index contributed by atoms with van der Waals surface area (Å²) in [5.41, 5.74) is 0. The lowest BCUT2D eigenvalue weighted by Crippen LogP contribution is -2.41. The number of ether oxygens (including phenoxy) is 2. The molecule has 1 aliphatic heterocycles. The minimum absolute atomic E-state index is 0. The third kappa shape index (κ3) is 8.54. The maximum Gasteiger partial charge on any atom is 0.190 e. The second kappa shape index (κ2) is 12.3. The van der Waals surface area contributed by atoms with E-state index in [1.54, 1.807) is 0 Å². The highest BCUT2D eigenvalue weighted by molar-refractivity contribution is 14.0. The lowest BCUT2D eigenvalue weighted by molar-refractivity contribution is 0.0420. The molecule has 0 spiro atoms. The van der Waals surface area contributed by atoms with Crippen LogP contribution in [0, 0.1) is 11.8 Å². The van der Waals surface area contributed by atoms with Crippen molar-refractivity contribution in [1.29, 1.82) is 0 Å². The van der Waals surface area contributed by atoms with E-state index in [0.717, 1.165) is 63.5 Å². The standard InChI is InChI=1S/C17H33N3O2.HI/c1-14-5-3-6-15(11-14)12-20-17(18-2)19-8-4-9-22-16-7-10-21-13-16;/h14-16H,3-13H2,1-2H3,(H2,18,19,20);1H. The quantitative estimate of drug-likeness (QED) is 0.277. The predicted octanol–water partition coefficient (Wildman–Crippen LogP) is 2.79. The van der Waals surface area contributed by atoms with Crippen LogP contribution < -0.4 is 10.6 Å². The first-order valence-electron chi connectivity index (χ1n) is 8.91. The Morgan fingerprint density at radius 1 is 1.26 bits per heavy atom. The van der Waals surface area contributed by atoms with Gasteiger partial charge in [0.05, 0.1) is 12.7 Å². The van der Waals surface area contributed by atoms with Gasteiger partial charge >= 0.3 is 0 Å². The van der Waals surface area contributed by atoms with Gasteiger partial charge in [-0.2, -0.15) is 0 Å². The smallest absolute Gasteiger partial charge is 0.190 e. The summed E-state index contributed by atoms with van der Waals surface area (Å²) >= 11 is 0. The molecule has 0 bridgehead atoms. The molecule has 5 nitrogen and oxygen atoms in total. The van der Waals surface area contributed by atoms with Crippen LogP contribution in [0.2, 0.25) is 0 Å². The summed E-state index contributed by atoms with van der Waals surface area (Å²) in [5.74, 6) is 2.60. The van der Waals surface area contributed by atoms with Crippen molar-refractivity contribution in [1.82, 2.24) is 10.6 Å². The van der Waals surface area contributed by atoms with Crippen LogP contribution >= 0.6 is 24.0 Å². The largest absolute Gasteiger partial charge is 0.379 e. The molecule has 0 aromatic carbocycles. The molecule has 2 rings (SSSR count). The van der Waals surface area contributed by atoms with Gasteiger partial charge in [0, 0.05) is 33.4 Å². The van der Waals surface area contributed by atoms with Crippen molar-refractivity contribution in [3.05, 3.63) is 0 Å². The van der Waals surface area contributed by atoms with E-state index in [1.165, 1.54) is 25.7 Å². The molecule has 1 saturated carbocycles. The molecule has 0 aromatic rings. The van der Waals surface area contributed by atoms with Crippen LogP contribution in [0.25, 0.3) is 0 Å². The summed E-state index contributed by atoms with van der Waals surface area (Å²) < 4.78 is 11.1. The van der Waals surface area contributed by atoms with Crippen LogP contribution in [0.15, 0.2) is 4.99 Å². The number of aliphatic imine (C=N–C) groups is 1. The number of nitrogens with zero attached hydrogens (tertiary/aromatic N) is 1. The lowest BCUT2D eigenvalue weighted by Gasteiger charge is -2.27. The van der Waals surface area contributed by atoms with Gasteiger partial charge in [0.25, 0.3) is 0 Å². The number of guanidine groups is 1. The van der Waals surface area contributed by atoms with Crippen molar-refractivity contribution in [2.75, 3.05) is 40.0 Å². The SMILES string of the molecule is CN=C(NCCCOC1CCOC1)NCC1CCCC(C)C1.I. The molecule has 6 heteroatoms. The third-order valence-electron chi connectivity index (χ3n) is 4.68. The number of rotatable bonds is 7. The van der Waals surface area contributed by atoms with Crippen molar-refractivity contribution < 1.29 is 9.47 Å². The summed E-state index contributed by atoms with van der Waals surface area (Å²) in [5, 5.41) is 6.84. The van der Waals surface area contributed by atoms with Gasteiger partial charge in [-0.15, -0.1) is 24.0 Å². The fourth-order valence-electron chi connectivity index (χ4n) is 3.38. The average molecular weight is 439 g/mol. The zero-order chi connectivity index (χ0) is 15.6. The molecule has 2 N–H and O–H groups in total. The van der Waals surface area contributed by atoms with Crippen LogP contribution in [0.3, 0.4) is 0 Å². The molecule has 23 heavy (non-hydrogen) atoms. The summed E-state index contributed by atoms with van der Waals surface area (Å²) in [6.07, 6.45) is 7.82. The van der Waals surface area contributed by atoms with E-state index in [-0.39, 0.29) is 24.0 Å². The van der Waals surface area contributed by atoms with Gasteiger partial charge in [0.2, 0.25) is 0 Å². The summed E-state index contributed by atoms with van der Waals surface area (Å²) in [6, 6.07) is 0. The topological polar surface area (TPSA) is 54.9 Å². The molecule has 3 unspecified atom stereocenters. The zero-order valence-electron chi connectivity index (χ0n) is 14.7. The number of hydrogen-bond donors (Lipinski definition) is 2. The summed E-state index contributed by atoms with van der Waals surface area (Å²) in [4.78, 5) is 4.30. The highest BCUT2D eigenvalue weighted by Crippen LogP contribution is 2.27. The van der Waals surface area contributed by atoms with Crippen LogP contribution in [0.5, 0.6) is 0 Å². The molecule has 3 atom stereocenters. The van der Waals surface area contributed by atoms with E-state index in [2.05, 4.69) is 22.5 Å². The Kier molecular flexibility index (Phi) is 11.2. The van der Waals surface area contributed by atoms with Crippen molar-refractivity contribution in [2.45, 2.75) is 51.6 Å². The second-order valence-electron chi connectivity index (χ2n) is 6.73. The van der Waals surface area contributed by atoms with Crippen molar-refractivity contribution in [2.24, 2.45) is 16.8 Å². The normalized spacial score (nSPS) is 28.3. The Hall–Kier alpha value is -0.0800. The predicted molar refractivity (Wildman–Crippen MR) is 106 cm³/mol. The van der Waals surface area contributed by atoms with Crippen LogP contribution in [0.4, 0.5) is 0 Å². The first-order chi connectivity index (χ1) is 10.8. The van der Waals surface area contributed by atoms with Crippen LogP contribution in [-0.2, 0) is 9.47 Å². The van der Waals surface area contributed by atoms with E-state index in [1.807, 2.05) is 7.05 Å². The fraction of sp³-hybridized carbons (Fsp3) is 0.941. The highest BCUT2D eigenvalue weighted by Gasteiger charge is 2.19. The third-order valence-corrected chi connectivity index (χ3v) is 4.68. The highest BCUT2D eigenvalue weighted by atomic mass is 127. The minimum Gasteiger partial charge on any atom is -0.379 e. The van der Waals surface area contributed by atoms with E-state index < -0.39 is 0 Å². The molecule has 136 valence electrons. The van der Waals surface area contributed by atoms with Crippen molar-refractivity contribution >= 4 is 29.9 Å². The number of nitrogens with one attached hydrogen (secondary N) is 2. The van der Waals surface area contributed by atoms with Crippen LogP contribution in [-0.4, -0.2) is 52.0 Å².